The van der Waals surface area contributed by atoms with E-state index in [-0.39, 0.29) is 12.4 Å². The molecule has 112 valence electrons. The van der Waals surface area contributed by atoms with E-state index in [0.717, 1.165) is 18.4 Å². The predicted molar refractivity (Wildman–Crippen MR) is 95.4 cm³/mol. The van der Waals surface area contributed by atoms with E-state index < -0.39 is 0 Å². The van der Waals surface area contributed by atoms with Crippen LogP contribution in [0.15, 0.2) is 35.2 Å². The zero-order chi connectivity index (χ0) is 13.5. The maximum Gasteiger partial charge on any atom is 0.0348 e. The quantitative estimate of drug-likeness (QED) is 0.828. The zero-order valence-corrected chi connectivity index (χ0v) is 14.0. The molecular formula is C18H22ClNS. The van der Waals surface area contributed by atoms with Gasteiger partial charge in [-0.3, -0.25) is 0 Å². The smallest absolute Gasteiger partial charge is 0.0348 e. The number of halogens is 1. The van der Waals surface area contributed by atoms with E-state index in [1.807, 2.05) is 11.3 Å². The average Bonchev–Trinajstić information content (AvgIpc) is 3.07. The zero-order valence-electron chi connectivity index (χ0n) is 12.4. The lowest BCUT2D eigenvalue weighted by Crippen LogP contribution is -2.19. The Bertz CT molecular complexity index is 673. The van der Waals surface area contributed by atoms with Crippen LogP contribution in [0.25, 0.3) is 15.7 Å². The van der Waals surface area contributed by atoms with Gasteiger partial charge in [0.25, 0.3) is 0 Å². The van der Waals surface area contributed by atoms with Crippen molar-refractivity contribution < 1.29 is 0 Å². The Kier molecular flexibility index (Phi) is 4.39. The summed E-state index contributed by atoms with van der Waals surface area (Å²) < 4.78 is 1.43. The number of hydrogen-bond acceptors (Lipinski definition) is 2. The van der Waals surface area contributed by atoms with Gasteiger partial charge in [0.05, 0.1) is 0 Å². The van der Waals surface area contributed by atoms with Gasteiger partial charge in [-0.15, -0.1) is 23.7 Å². The number of allylic oxidation sites excluding steroid dienone is 1. The van der Waals surface area contributed by atoms with Crippen molar-refractivity contribution in [1.29, 1.82) is 0 Å². The highest BCUT2D eigenvalue weighted by Crippen LogP contribution is 2.50. The van der Waals surface area contributed by atoms with Crippen molar-refractivity contribution in [3.05, 3.63) is 40.8 Å². The summed E-state index contributed by atoms with van der Waals surface area (Å²) in [6, 6.07) is 9.14. The first kappa shape index (κ1) is 15.1. The molecule has 3 heteroatoms. The Morgan fingerprint density at radius 1 is 1.24 bits per heavy atom. The van der Waals surface area contributed by atoms with Crippen molar-refractivity contribution in [3.8, 4) is 0 Å². The highest BCUT2D eigenvalue weighted by atomic mass is 35.5. The molecule has 2 atom stereocenters. The third-order valence-corrected chi connectivity index (χ3v) is 5.92. The summed E-state index contributed by atoms with van der Waals surface area (Å²) in [6.07, 6.45) is 5.56. The maximum atomic E-state index is 3.39. The summed E-state index contributed by atoms with van der Waals surface area (Å²) in [4.78, 5) is 0. The summed E-state index contributed by atoms with van der Waals surface area (Å²) in [5.41, 5.74) is 4.86. The van der Waals surface area contributed by atoms with E-state index in [2.05, 4.69) is 42.0 Å². The molecule has 1 nitrogen and oxygen atoms in total. The fourth-order valence-electron chi connectivity index (χ4n) is 4.29. The van der Waals surface area contributed by atoms with E-state index in [0.29, 0.717) is 0 Å². The van der Waals surface area contributed by atoms with E-state index >= 15 is 0 Å². The molecule has 2 aromatic rings. The SMILES string of the molecule is CNCC1=C(c2cccc3sccc23)C2CCC(C1)C2.Cl. The van der Waals surface area contributed by atoms with Crippen molar-refractivity contribution in [1.82, 2.24) is 5.32 Å². The van der Waals surface area contributed by atoms with Gasteiger partial charge < -0.3 is 5.32 Å². The molecular weight excluding hydrogens is 298 g/mol. The average molecular weight is 320 g/mol. The van der Waals surface area contributed by atoms with Gasteiger partial charge in [-0.05, 0) is 78.6 Å². The first-order valence-corrected chi connectivity index (χ1v) is 8.58. The van der Waals surface area contributed by atoms with Gasteiger partial charge in [0.1, 0.15) is 0 Å². The van der Waals surface area contributed by atoms with Crippen LogP contribution >= 0.6 is 23.7 Å². The van der Waals surface area contributed by atoms with Gasteiger partial charge in [0, 0.05) is 11.2 Å². The largest absolute Gasteiger partial charge is 0.316 e. The second-order valence-electron chi connectivity index (χ2n) is 6.27. The van der Waals surface area contributed by atoms with Crippen LogP contribution in [0.5, 0.6) is 0 Å². The molecule has 0 aliphatic heterocycles. The Labute approximate surface area is 136 Å². The van der Waals surface area contributed by atoms with Gasteiger partial charge >= 0.3 is 0 Å². The molecule has 1 saturated carbocycles. The van der Waals surface area contributed by atoms with E-state index in [4.69, 9.17) is 0 Å². The first-order valence-electron chi connectivity index (χ1n) is 7.70. The molecule has 1 aromatic carbocycles. The van der Waals surface area contributed by atoms with Crippen molar-refractivity contribution in [2.45, 2.75) is 25.7 Å². The van der Waals surface area contributed by atoms with Gasteiger partial charge in [-0.1, -0.05) is 17.7 Å². The van der Waals surface area contributed by atoms with E-state index in [1.165, 1.54) is 41.3 Å². The van der Waals surface area contributed by atoms with Gasteiger partial charge in [-0.25, -0.2) is 0 Å². The van der Waals surface area contributed by atoms with Crippen LogP contribution in [0.4, 0.5) is 0 Å². The molecule has 1 heterocycles. The van der Waals surface area contributed by atoms with Crippen molar-refractivity contribution in [2.24, 2.45) is 11.8 Å². The van der Waals surface area contributed by atoms with Crippen LogP contribution in [0, 0.1) is 11.8 Å². The molecule has 0 radical (unpaired) electrons. The molecule has 1 fully saturated rings. The van der Waals surface area contributed by atoms with Crippen LogP contribution in [0.2, 0.25) is 0 Å². The number of hydrogen-bond donors (Lipinski definition) is 1. The van der Waals surface area contributed by atoms with Gasteiger partial charge in [0.2, 0.25) is 0 Å². The summed E-state index contributed by atoms with van der Waals surface area (Å²) in [7, 11) is 2.08. The molecule has 4 rings (SSSR count). The number of likely N-dealkylation sites (N-methyl/N-ethyl adjacent to an activating group) is 1. The second kappa shape index (κ2) is 6.12. The standard InChI is InChI=1S/C18H21NS.ClH/c1-19-11-14-10-12-5-6-13(9-12)18(14)16-3-2-4-17-15(16)7-8-20-17;/h2-4,7-8,12-13,19H,5-6,9-11H2,1H3;1H. The Morgan fingerprint density at radius 3 is 3.00 bits per heavy atom. The molecule has 0 amide bonds. The molecule has 0 saturated heterocycles. The number of fused-ring (bicyclic) bond motifs is 3. The van der Waals surface area contributed by atoms with Crippen LogP contribution in [0.1, 0.15) is 31.2 Å². The lowest BCUT2D eigenvalue weighted by atomic mass is 9.79. The molecule has 21 heavy (non-hydrogen) atoms. The van der Waals surface area contributed by atoms with Crippen LogP contribution in [-0.4, -0.2) is 13.6 Å². The Hall–Kier alpha value is -0.830. The maximum absolute atomic E-state index is 3.39. The third kappa shape index (κ3) is 2.54. The first-order chi connectivity index (χ1) is 9.86. The summed E-state index contributed by atoms with van der Waals surface area (Å²) in [5, 5.41) is 7.09. The van der Waals surface area contributed by atoms with Crippen LogP contribution in [-0.2, 0) is 0 Å². The summed E-state index contributed by atoms with van der Waals surface area (Å²) in [6.45, 7) is 1.06. The molecule has 0 spiro atoms. The van der Waals surface area contributed by atoms with Crippen LogP contribution in [0.3, 0.4) is 0 Å². The minimum Gasteiger partial charge on any atom is -0.316 e. The molecule has 2 aliphatic rings. The highest BCUT2D eigenvalue weighted by Gasteiger charge is 2.35. The van der Waals surface area contributed by atoms with Crippen LogP contribution < -0.4 is 5.32 Å². The monoisotopic (exact) mass is 319 g/mol. The minimum atomic E-state index is 0. The highest BCUT2D eigenvalue weighted by molar-refractivity contribution is 7.17. The third-order valence-electron chi connectivity index (χ3n) is 5.04. The Balaban J connectivity index is 0.00000132. The number of rotatable bonds is 3. The lowest BCUT2D eigenvalue weighted by Gasteiger charge is -2.27. The normalized spacial score (nSPS) is 24.4. The predicted octanol–water partition coefficient (Wildman–Crippen LogP) is 5.12. The number of benzene rings is 1. The fourth-order valence-corrected chi connectivity index (χ4v) is 5.10. The second-order valence-corrected chi connectivity index (χ2v) is 7.21. The number of nitrogens with one attached hydrogen (secondary N) is 1. The Morgan fingerprint density at radius 2 is 2.14 bits per heavy atom. The molecule has 1 aromatic heterocycles. The van der Waals surface area contributed by atoms with Crippen molar-refractivity contribution >= 4 is 39.4 Å². The van der Waals surface area contributed by atoms with Crippen molar-refractivity contribution in [2.75, 3.05) is 13.6 Å². The van der Waals surface area contributed by atoms with E-state index in [9.17, 15) is 0 Å². The summed E-state index contributed by atoms with van der Waals surface area (Å²) >= 11 is 1.86. The molecule has 2 unspecified atom stereocenters. The molecule has 1 N–H and O–H groups in total. The van der Waals surface area contributed by atoms with Gasteiger partial charge in [-0.2, -0.15) is 0 Å². The summed E-state index contributed by atoms with van der Waals surface area (Å²) in [5.74, 6) is 1.76. The van der Waals surface area contributed by atoms with Gasteiger partial charge in [0.15, 0.2) is 0 Å². The lowest BCUT2D eigenvalue weighted by molar-refractivity contribution is 0.502. The fraction of sp³-hybridized carbons (Fsp3) is 0.444. The van der Waals surface area contributed by atoms with Crippen molar-refractivity contribution in [3.63, 3.8) is 0 Å². The van der Waals surface area contributed by atoms with E-state index in [1.54, 1.807) is 11.1 Å². The minimum absolute atomic E-state index is 0. The number of thiophene rings is 1. The molecule has 2 bridgehead atoms. The topological polar surface area (TPSA) is 12.0 Å². The molecule has 2 aliphatic carbocycles.